The molecule has 2 amide bonds. The molecule has 0 spiro atoms. The zero-order chi connectivity index (χ0) is 15.0. The van der Waals surface area contributed by atoms with E-state index in [1.54, 1.807) is 6.92 Å². The summed E-state index contributed by atoms with van der Waals surface area (Å²) in [7, 11) is 0. The molecule has 1 aromatic carbocycles. The van der Waals surface area contributed by atoms with Gasteiger partial charge in [0.15, 0.2) is 0 Å². The lowest BCUT2D eigenvalue weighted by Gasteiger charge is -2.24. The van der Waals surface area contributed by atoms with Crippen molar-refractivity contribution in [3.05, 3.63) is 23.8 Å². The molecule has 6 heteroatoms. The summed E-state index contributed by atoms with van der Waals surface area (Å²) in [6.45, 7) is 4.86. The maximum Gasteiger partial charge on any atom is 0.245 e. The van der Waals surface area contributed by atoms with Gasteiger partial charge in [0, 0.05) is 50.0 Å². The van der Waals surface area contributed by atoms with Gasteiger partial charge in [0.1, 0.15) is 6.04 Å². The summed E-state index contributed by atoms with van der Waals surface area (Å²) < 4.78 is 0. The lowest BCUT2D eigenvalue weighted by Crippen LogP contribution is -2.33. The van der Waals surface area contributed by atoms with Crippen molar-refractivity contribution in [3.8, 4) is 0 Å². The van der Waals surface area contributed by atoms with Crippen molar-refractivity contribution in [2.24, 2.45) is 5.73 Å². The van der Waals surface area contributed by atoms with Gasteiger partial charge in [-0.2, -0.15) is 0 Å². The minimum atomic E-state index is -0.564. The molecule has 0 radical (unpaired) electrons. The van der Waals surface area contributed by atoms with Gasteiger partial charge in [0.25, 0.3) is 0 Å². The van der Waals surface area contributed by atoms with Gasteiger partial charge in [-0.1, -0.05) is 6.07 Å². The highest BCUT2D eigenvalue weighted by Crippen LogP contribution is 2.33. The predicted molar refractivity (Wildman–Crippen MR) is 81.1 cm³/mol. The molecular formula is C15H20N4O2. The molecule has 0 aliphatic carbocycles. The minimum Gasteiger partial charge on any atom is -0.370 e. The fourth-order valence-electron chi connectivity index (χ4n) is 2.96. The summed E-state index contributed by atoms with van der Waals surface area (Å²) in [6.07, 6.45) is 0.947. The molecule has 3 N–H and O–H groups in total. The number of nitrogens with one attached hydrogen (secondary N) is 1. The zero-order valence-electron chi connectivity index (χ0n) is 12.1. The molecule has 1 aromatic rings. The molecule has 1 unspecified atom stereocenters. The van der Waals surface area contributed by atoms with Crippen LogP contribution in [0.2, 0.25) is 0 Å². The third-order valence-electron chi connectivity index (χ3n) is 4.22. The fourth-order valence-corrected chi connectivity index (χ4v) is 2.96. The predicted octanol–water partition coefficient (Wildman–Crippen LogP) is 0.697. The van der Waals surface area contributed by atoms with Crippen LogP contribution in [0.4, 0.5) is 11.4 Å². The maximum atomic E-state index is 11.6. The number of hydrogen-bond acceptors (Lipinski definition) is 4. The number of rotatable bonds is 1. The monoisotopic (exact) mass is 288 g/mol. The Morgan fingerprint density at radius 3 is 2.86 bits per heavy atom. The van der Waals surface area contributed by atoms with E-state index in [0.717, 1.165) is 49.5 Å². The van der Waals surface area contributed by atoms with Gasteiger partial charge < -0.3 is 20.9 Å². The highest BCUT2D eigenvalue weighted by Gasteiger charge is 2.27. The van der Waals surface area contributed by atoms with Crippen LogP contribution >= 0.6 is 0 Å². The van der Waals surface area contributed by atoms with E-state index in [4.69, 9.17) is 5.73 Å². The first kappa shape index (κ1) is 13.9. The summed E-state index contributed by atoms with van der Waals surface area (Å²) in [5.74, 6) is -0.0233. The quantitative estimate of drug-likeness (QED) is 0.797. The van der Waals surface area contributed by atoms with Gasteiger partial charge in [0.2, 0.25) is 11.8 Å². The topological polar surface area (TPSA) is 78.7 Å². The summed E-state index contributed by atoms with van der Waals surface area (Å²) in [5.41, 5.74) is 8.54. The molecule has 0 aromatic heterocycles. The first-order valence-corrected chi connectivity index (χ1v) is 7.27. The summed E-state index contributed by atoms with van der Waals surface area (Å²) >= 11 is 0. The molecular weight excluding hydrogens is 268 g/mol. The Kier molecular flexibility index (Phi) is 3.55. The summed E-state index contributed by atoms with van der Waals surface area (Å²) in [4.78, 5) is 27.2. The number of benzene rings is 1. The van der Waals surface area contributed by atoms with E-state index in [-0.39, 0.29) is 11.8 Å². The van der Waals surface area contributed by atoms with Crippen molar-refractivity contribution < 1.29 is 9.59 Å². The molecule has 1 saturated heterocycles. The average Bonchev–Trinajstić information content (AvgIpc) is 2.67. The smallest absolute Gasteiger partial charge is 0.245 e. The highest BCUT2D eigenvalue weighted by atomic mass is 16.2. The number of anilines is 2. The first-order chi connectivity index (χ1) is 10.1. The van der Waals surface area contributed by atoms with Crippen molar-refractivity contribution in [1.29, 1.82) is 0 Å². The van der Waals surface area contributed by atoms with E-state index < -0.39 is 6.04 Å². The van der Waals surface area contributed by atoms with Gasteiger partial charge in [-0.05, 0) is 18.6 Å². The Morgan fingerprint density at radius 1 is 1.29 bits per heavy atom. The second-order valence-electron chi connectivity index (χ2n) is 5.59. The number of nitrogens with two attached hydrogens (primary N) is 1. The van der Waals surface area contributed by atoms with Gasteiger partial charge in [-0.25, -0.2) is 0 Å². The number of amides is 2. The Labute approximate surface area is 123 Å². The number of nitrogens with zero attached hydrogens (tertiary/aromatic N) is 2. The van der Waals surface area contributed by atoms with Crippen molar-refractivity contribution in [1.82, 2.24) is 4.90 Å². The third-order valence-corrected chi connectivity index (χ3v) is 4.22. The summed E-state index contributed by atoms with van der Waals surface area (Å²) in [6, 6.07) is 5.33. The number of carbonyl (C=O) groups excluding carboxylic acids is 2. The van der Waals surface area contributed by atoms with E-state index in [0.29, 0.717) is 0 Å². The molecule has 1 atom stereocenters. The van der Waals surface area contributed by atoms with Crippen molar-refractivity contribution in [2.45, 2.75) is 19.4 Å². The minimum absolute atomic E-state index is 0.129. The van der Waals surface area contributed by atoms with Crippen molar-refractivity contribution >= 4 is 23.2 Å². The van der Waals surface area contributed by atoms with Gasteiger partial charge >= 0.3 is 0 Å². The van der Waals surface area contributed by atoms with E-state index in [1.807, 2.05) is 23.1 Å². The number of hydrogen-bond donors (Lipinski definition) is 2. The van der Waals surface area contributed by atoms with Gasteiger partial charge in [0.05, 0.1) is 0 Å². The van der Waals surface area contributed by atoms with Gasteiger partial charge in [-0.15, -0.1) is 0 Å². The SMILES string of the molecule is CC(=O)N1CCCN(c2ccc3c(c2)NC(=O)C3N)CC1. The molecule has 1 fully saturated rings. The molecule has 2 heterocycles. The first-order valence-electron chi connectivity index (χ1n) is 7.27. The molecule has 3 rings (SSSR count). The Hall–Kier alpha value is -2.08. The molecule has 0 bridgehead atoms. The molecule has 112 valence electrons. The van der Waals surface area contributed by atoms with Crippen molar-refractivity contribution in [3.63, 3.8) is 0 Å². The van der Waals surface area contributed by atoms with E-state index in [9.17, 15) is 9.59 Å². The lowest BCUT2D eigenvalue weighted by molar-refractivity contribution is -0.128. The highest BCUT2D eigenvalue weighted by molar-refractivity contribution is 6.02. The van der Waals surface area contributed by atoms with Crippen LogP contribution in [-0.2, 0) is 9.59 Å². The maximum absolute atomic E-state index is 11.6. The Bertz CT molecular complexity index is 587. The van der Waals surface area contributed by atoms with Crippen LogP contribution in [0, 0.1) is 0 Å². The van der Waals surface area contributed by atoms with E-state index >= 15 is 0 Å². The van der Waals surface area contributed by atoms with E-state index in [2.05, 4.69) is 10.2 Å². The van der Waals surface area contributed by atoms with Crippen LogP contribution in [-0.4, -0.2) is 42.9 Å². The van der Waals surface area contributed by atoms with Crippen molar-refractivity contribution in [2.75, 3.05) is 36.4 Å². The lowest BCUT2D eigenvalue weighted by atomic mass is 10.1. The van der Waals surface area contributed by atoms with Gasteiger partial charge in [-0.3, -0.25) is 9.59 Å². The molecule has 0 saturated carbocycles. The Balaban J connectivity index is 1.78. The summed E-state index contributed by atoms with van der Waals surface area (Å²) in [5, 5.41) is 2.81. The largest absolute Gasteiger partial charge is 0.370 e. The number of fused-ring (bicyclic) bond motifs is 1. The normalized spacial score (nSPS) is 21.8. The van der Waals surface area contributed by atoms with Crippen LogP contribution in [0.25, 0.3) is 0 Å². The molecule has 21 heavy (non-hydrogen) atoms. The molecule has 6 nitrogen and oxygen atoms in total. The van der Waals surface area contributed by atoms with Crippen LogP contribution in [0.15, 0.2) is 18.2 Å². The third kappa shape index (κ3) is 2.58. The second kappa shape index (κ2) is 5.37. The number of carbonyl (C=O) groups is 2. The molecule has 2 aliphatic heterocycles. The van der Waals surface area contributed by atoms with E-state index in [1.165, 1.54) is 0 Å². The Morgan fingerprint density at radius 2 is 2.10 bits per heavy atom. The van der Waals surface area contributed by atoms with Crippen LogP contribution in [0.1, 0.15) is 24.9 Å². The van der Waals surface area contributed by atoms with Crippen LogP contribution in [0.3, 0.4) is 0 Å². The fraction of sp³-hybridized carbons (Fsp3) is 0.467. The second-order valence-corrected chi connectivity index (χ2v) is 5.59. The van der Waals surface area contributed by atoms with Crippen LogP contribution in [0.5, 0.6) is 0 Å². The zero-order valence-corrected chi connectivity index (χ0v) is 12.1. The average molecular weight is 288 g/mol. The molecule has 2 aliphatic rings. The van der Waals surface area contributed by atoms with Crippen LogP contribution < -0.4 is 16.0 Å². The standard InChI is InChI=1S/C15H20N4O2/c1-10(20)18-5-2-6-19(8-7-18)11-3-4-12-13(9-11)17-15(21)14(12)16/h3-4,9,14H,2,5-8,16H2,1H3,(H,17,21).